The SMILES string of the molecule is CC1=C(C(=O)O)C(c2c(F)c(F)c(F)c(F)c2F)C2=C(CN(C)CCS2(=O)=O)N1. The normalized spacial score (nSPS) is 22.2. The number of nitrogens with one attached hydrogen (secondary N) is 1. The van der Waals surface area contributed by atoms with Crippen molar-refractivity contribution in [2.45, 2.75) is 12.8 Å². The van der Waals surface area contributed by atoms with Crippen LogP contribution in [0.1, 0.15) is 18.4 Å². The zero-order chi connectivity index (χ0) is 21.8. The molecule has 1 atom stereocenters. The van der Waals surface area contributed by atoms with Crippen LogP contribution < -0.4 is 5.32 Å². The minimum Gasteiger partial charge on any atom is -0.478 e. The van der Waals surface area contributed by atoms with E-state index in [9.17, 15) is 40.3 Å². The second-order valence-corrected chi connectivity index (χ2v) is 8.86. The van der Waals surface area contributed by atoms with Gasteiger partial charge in [-0.3, -0.25) is 4.90 Å². The summed E-state index contributed by atoms with van der Waals surface area (Å²) in [6.07, 6.45) is 0. The molecule has 0 saturated carbocycles. The Hall–Kier alpha value is -2.47. The largest absolute Gasteiger partial charge is 0.478 e. The lowest BCUT2D eigenvalue weighted by molar-refractivity contribution is -0.133. The first kappa shape index (κ1) is 21.2. The summed E-state index contributed by atoms with van der Waals surface area (Å²) < 4.78 is 96.0. The smallest absolute Gasteiger partial charge is 0.334 e. The zero-order valence-corrected chi connectivity index (χ0v) is 15.9. The number of hydrogen-bond acceptors (Lipinski definition) is 5. The fourth-order valence-corrected chi connectivity index (χ4v) is 5.39. The van der Waals surface area contributed by atoms with Gasteiger partial charge in [-0.1, -0.05) is 0 Å². The van der Waals surface area contributed by atoms with Crippen LogP contribution in [0.5, 0.6) is 0 Å². The van der Waals surface area contributed by atoms with Gasteiger partial charge in [0.1, 0.15) is 0 Å². The number of benzene rings is 1. The average Bonchev–Trinajstić information content (AvgIpc) is 2.73. The predicted molar refractivity (Wildman–Crippen MR) is 90.8 cm³/mol. The number of sulfone groups is 1. The number of carboxylic acid groups (broad SMARTS) is 1. The molecule has 0 fully saturated rings. The molecule has 3 rings (SSSR count). The van der Waals surface area contributed by atoms with E-state index >= 15 is 0 Å². The molecule has 0 saturated heterocycles. The number of nitrogens with zero attached hydrogens (tertiary/aromatic N) is 1. The molecule has 0 aliphatic carbocycles. The molecular weight excluding hydrogens is 423 g/mol. The summed E-state index contributed by atoms with van der Waals surface area (Å²) in [6, 6.07) is 0. The van der Waals surface area contributed by atoms with E-state index in [2.05, 4.69) is 5.32 Å². The summed E-state index contributed by atoms with van der Waals surface area (Å²) in [6.45, 7) is 1.16. The van der Waals surface area contributed by atoms with E-state index in [4.69, 9.17) is 0 Å². The minimum atomic E-state index is -4.30. The lowest BCUT2D eigenvalue weighted by Crippen LogP contribution is -2.35. The molecule has 0 radical (unpaired) electrons. The second kappa shape index (κ2) is 7.10. The van der Waals surface area contributed by atoms with Gasteiger partial charge >= 0.3 is 5.97 Å². The van der Waals surface area contributed by atoms with Crippen LogP contribution in [0.4, 0.5) is 22.0 Å². The first-order valence-corrected chi connectivity index (χ1v) is 9.90. The molecule has 29 heavy (non-hydrogen) atoms. The summed E-state index contributed by atoms with van der Waals surface area (Å²) in [5, 5.41) is 12.2. The van der Waals surface area contributed by atoms with Gasteiger partial charge in [0.15, 0.2) is 33.1 Å². The number of hydrogen-bond donors (Lipinski definition) is 2. The maximum Gasteiger partial charge on any atom is 0.334 e. The van der Waals surface area contributed by atoms with Crippen molar-refractivity contribution < 1.29 is 40.3 Å². The molecule has 1 unspecified atom stereocenters. The van der Waals surface area contributed by atoms with E-state index < -0.39 is 72.6 Å². The van der Waals surface area contributed by atoms with Gasteiger partial charge in [-0.15, -0.1) is 0 Å². The van der Waals surface area contributed by atoms with Crippen molar-refractivity contribution in [2.75, 3.05) is 25.9 Å². The van der Waals surface area contributed by atoms with Gasteiger partial charge in [0.2, 0.25) is 5.82 Å². The fourth-order valence-electron chi connectivity index (χ4n) is 3.53. The fraction of sp³-hybridized carbons (Fsp3) is 0.353. The molecule has 2 aliphatic heterocycles. The van der Waals surface area contributed by atoms with Crippen molar-refractivity contribution in [1.82, 2.24) is 10.2 Å². The van der Waals surface area contributed by atoms with Gasteiger partial charge in [0, 0.05) is 30.0 Å². The van der Waals surface area contributed by atoms with Gasteiger partial charge in [0.25, 0.3) is 0 Å². The first-order valence-electron chi connectivity index (χ1n) is 8.25. The minimum absolute atomic E-state index is 0.0162. The van der Waals surface area contributed by atoms with E-state index in [-0.39, 0.29) is 24.5 Å². The van der Waals surface area contributed by atoms with E-state index in [0.717, 1.165) is 0 Å². The molecule has 0 aromatic heterocycles. The predicted octanol–water partition coefficient (Wildman–Crippen LogP) is 2.00. The molecule has 1 aromatic carbocycles. The Balaban J connectivity index is 2.45. The Kier molecular flexibility index (Phi) is 5.20. The number of aliphatic carboxylic acids is 1. The standard InChI is InChI=1S/C17H15F5N2O4S/c1-6-8(17(25)26)9(10-11(18)13(20)15(22)14(21)12(10)19)16-7(23-6)5-24(2)3-4-29(16,27)28/h9,23H,3-5H2,1-2H3,(H,25,26). The summed E-state index contributed by atoms with van der Waals surface area (Å²) >= 11 is 0. The molecule has 12 heteroatoms. The van der Waals surface area contributed by atoms with Gasteiger partial charge < -0.3 is 10.4 Å². The Morgan fingerprint density at radius 1 is 1.07 bits per heavy atom. The van der Waals surface area contributed by atoms with E-state index in [1.807, 2.05) is 0 Å². The summed E-state index contributed by atoms with van der Waals surface area (Å²) in [5.74, 6) is -16.0. The van der Waals surface area contributed by atoms with Crippen LogP contribution in [0, 0.1) is 29.1 Å². The Bertz CT molecular complexity index is 1070. The monoisotopic (exact) mass is 438 g/mol. The number of carbonyl (C=O) groups is 1. The maximum absolute atomic E-state index is 14.6. The summed E-state index contributed by atoms with van der Waals surface area (Å²) in [7, 11) is -2.74. The van der Waals surface area contributed by atoms with Crippen molar-refractivity contribution in [3.8, 4) is 0 Å². The van der Waals surface area contributed by atoms with Crippen molar-refractivity contribution in [3.63, 3.8) is 0 Å². The number of rotatable bonds is 2. The molecule has 0 bridgehead atoms. The third-order valence-electron chi connectivity index (χ3n) is 4.86. The van der Waals surface area contributed by atoms with Crippen molar-refractivity contribution in [3.05, 3.63) is 56.5 Å². The highest BCUT2D eigenvalue weighted by molar-refractivity contribution is 7.95. The van der Waals surface area contributed by atoms with Gasteiger partial charge in [-0.05, 0) is 14.0 Å². The van der Waals surface area contributed by atoms with Crippen LogP contribution in [-0.4, -0.2) is 50.3 Å². The third-order valence-corrected chi connectivity index (χ3v) is 6.73. The molecule has 1 aromatic rings. The van der Waals surface area contributed by atoms with Crippen LogP contribution in [0.2, 0.25) is 0 Å². The Morgan fingerprint density at radius 2 is 1.59 bits per heavy atom. The molecule has 2 N–H and O–H groups in total. The Labute approximate surface area is 162 Å². The van der Waals surface area contributed by atoms with Crippen LogP contribution in [0.25, 0.3) is 0 Å². The molecule has 2 aliphatic rings. The number of allylic oxidation sites excluding steroid dienone is 2. The molecule has 158 valence electrons. The molecule has 0 spiro atoms. The van der Waals surface area contributed by atoms with Crippen molar-refractivity contribution in [2.24, 2.45) is 0 Å². The topological polar surface area (TPSA) is 86.7 Å². The molecular formula is C17H15F5N2O4S. The van der Waals surface area contributed by atoms with E-state index in [1.165, 1.54) is 6.92 Å². The first-order chi connectivity index (χ1) is 13.4. The number of carboxylic acids is 1. The van der Waals surface area contributed by atoms with Crippen molar-refractivity contribution >= 4 is 15.8 Å². The molecule has 6 nitrogen and oxygen atoms in total. The summed E-state index contributed by atoms with van der Waals surface area (Å²) in [5.41, 5.74) is -2.59. The third kappa shape index (κ3) is 3.29. The maximum atomic E-state index is 14.6. The van der Waals surface area contributed by atoms with Crippen LogP contribution >= 0.6 is 0 Å². The van der Waals surface area contributed by atoms with Crippen LogP contribution in [0.15, 0.2) is 21.9 Å². The highest BCUT2D eigenvalue weighted by Crippen LogP contribution is 2.44. The number of halogens is 5. The van der Waals surface area contributed by atoms with Gasteiger partial charge in [-0.2, -0.15) is 0 Å². The highest BCUT2D eigenvalue weighted by Gasteiger charge is 2.45. The lowest BCUT2D eigenvalue weighted by atomic mass is 9.85. The van der Waals surface area contributed by atoms with E-state index in [1.54, 1.807) is 11.9 Å². The average molecular weight is 438 g/mol. The highest BCUT2D eigenvalue weighted by atomic mass is 32.2. The number of dihydropyridines is 1. The zero-order valence-electron chi connectivity index (χ0n) is 15.1. The Morgan fingerprint density at radius 3 is 2.10 bits per heavy atom. The van der Waals surface area contributed by atoms with E-state index in [0.29, 0.717) is 0 Å². The lowest BCUT2D eigenvalue weighted by Gasteiger charge is -2.31. The molecule has 2 heterocycles. The van der Waals surface area contributed by atoms with Crippen LogP contribution in [0.3, 0.4) is 0 Å². The second-order valence-electron chi connectivity index (χ2n) is 6.78. The molecule has 0 amide bonds. The van der Waals surface area contributed by atoms with Gasteiger partial charge in [-0.25, -0.2) is 35.2 Å². The van der Waals surface area contributed by atoms with Crippen LogP contribution in [-0.2, 0) is 14.6 Å². The van der Waals surface area contributed by atoms with Crippen molar-refractivity contribution in [1.29, 1.82) is 0 Å². The van der Waals surface area contributed by atoms with Gasteiger partial charge in [0.05, 0.1) is 22.1 Å². The number of likely N-dealkylation sites (N-methyl/N-ethyl adjacent to an activating group) is 1. The quantitative estimate of drug-likeness (QED) is 0.417. The summed E-state index contributed by atoms with van der Waals surface area (Å²) in [4.78, 5) is 12.7.